The van der Waals surface area contributed by atoms with Crippen molar-refractivity contribution in [3.05, 3.63) is 109 Å². The zero-order valence-electron chi connectivity index (χ0n) is 29.1. The normalized spacial score (nSPS) is 14.4. The van der Waals surface area contributed by atoms with Crippen LogP contribution in [0.3, 0.4) is 0 Å². The Hall–Kier alpha value is -3.44. The van der Waals surface area contributed by atoms with Crippen molar-refractivity contribution >= 4 is 35.2 Å². The van der Waals surface area contributed by atoms with Gasteiger partial charge in [-0.05, 0) is 83.5 Å². The number of benzene rings is 2. The molecule has 1 aliphatic rings. The van der Waals surface area contributed by atoms with Crippen LogP contribution in [0.1, 0.15) is 69.9 Å². The molecule has 6 heteroatoms. The van der Waals surface area contributed by atoms with Crippen LogP contribution in [-0.4, -0.2) is 23.0 Å². The second kappa shape index (κ2) is 15.8. The summed E-state index contributed by atoms with van der Waals surface area (Å²) in [6.45, 7) is 14.1. The summed E-state index contributed by atoms with van der Waals surface area (Å²) in [5.74, 6) is 1.99. The molecule has 0 aliphatic heterocycles. The van der Waals surface area contributed by atoms with Crippen molar-refractivity contribution in [3.8, 4) is 22.5 Å². The number of pyridine rings is 3. The molecular formula is C42H47IrN3OSi-2. The summed E-state index contributed by atoms with van der Waals surface area (Å²) in [5.41, 5.74) is 8.40. The van der Waals surface area contributed by atoms with E-state index in [1.54, 1.807) is 0 Å². The quantitative estimate of drug-likeness (QED) is 0.119. The second-order valence-corrected chi connectivity index (χ2v) is 19.6. The minimum absolute atomic E-state index is 0. The average Bonchev–Trinajstić information content (AvgIpc) is 3.47. The van der Waals surface area contributed by atoms with Gasteiger partial charge >= 0.3 is 0 Å². The molecule has 0 saturated heterocycles. The van der Waals surface area contributed by atoms with E-state index in [9.17, 15) is 0 Å². The van der Waals surface area contributed by atoms with Crippen molar-refractivity contribution in [2.24, 2.45) is 11.8 Å². The number of para-hydroxylation sites is 1. The molecule has 2 aromatic carbocycles. The number of furan rings is 1. The first kappa shape index (κ1) is 35.9. The van der Waals surface area contributed by atoms with Crippen LogP contribution in [0.2, 0.25) is 19.6 Å². The monoisotopic (exact) mass is 830 g/mol. The van der Waals surface area contributed by atoms with E-state index in [0.717, 1.165) is 56.8 Å². The molecule has 0 bridgehead atoms. The van der Waals surface area contributed by atoms with Gasteiger partial charge in [0.05, 0.1) is 13.7 Å². The van der Waals surface area contributed by atoms with E-state index < -0.39 is 8.07 Å². The van der Waals surface area contributed by atoms with Crippen molar-refractivity contribution in [2.75, 3.05) is 0 Å². The molecule has 4 heterocycles. The predicted octanol–water partition coefficient (Wildman–Crippen LogP) is 10.8. The zero-order valence-corrected chi connectivity index (χ0v) is 32.5. The van der Waals surface area contributed by atoms with Crippen molar-refractivity contribution in [1.82, 2.24) is 15.0 Å². The van der Waals surface area contributed by atoms with Gasteiger partial charge in [0, 0.05) is 37.9 Å². The van der Waals surface area contributed by atoms with E-state index in [-0.39, 0.29) is 20.1 Å². The van der Waals surface area contributed by atoms with Crippen molar-refractivity contribution in [3.63, 3.8) is 0 Å². The Morgan fingerprint density at radius 3 is 2.35 bits per heavy atom. The Labute approximate surface area is 301 Å². The van der Waals surface area contributed by atoms with Gasteiger partial charge in [-0.1, -0.05) is 107 Å². The van der Waals surface area contributed by atoms with Gasteiger partial charge in [-0.15, -0.1) is 35.9 Å². The van der Waals surface area contributed by atoms with Gasteiger partial charge in [-0.25, -0.2) is 0 Å². The number of rotatable bonds is 7. The minimum atomic E-state index is -1.34. The first-order valence-corrected chi connectivity index (χ1v) is 20.8. The van der Waals surface area contributed by atoms with Crippen LogP contribution in [0.4, 0.5) is 0 Å². The molecule has 1 atom stereocenters. The molecule has 7 rings (SSSR count). The van der Waals surface area contributed by atoms with Gasteiger partial charge < -0.3 is 19.4 Å². The van der Waals surface area contributed by atoms with Crippen LogP contribution >= 0.6 is 0 Å². The summed E-state index contributed by atoms with van der Waals surface area (Å²) >= 11 is 0. The smallest absolute Gasteiger partial charge is 0.121 e. The van der Waals surface area contributed by atoms with E-state index >= 15 is 0 Å². The molecule has 1 aliphatic carbocycles. The molecule has 4 nitrogen and oxygen atoms in total. The Balaban J connectivity index is 0.000000193. The van der Waals surface area contributed by atoms with Gasteiger partial charge in [0.1, 0.15) is 5.58 Å². The van der Waals surface area contributed by atoms with Crippen LogP contribution in [-0.2, 0) is 26.5 Å². The standard InChI is InChI=1S/C24H23N2O.C18H24NSi.Ir/c1-16(17-7-3-2-4-8-17)18-11-12-26-22(13-18)21-15-25-14-20-19-9-5-6-10-23(19)27-24(20)21;1-14(2)11-16-12-17(15-9-7-6-8-10-15)19-13-18(16)20(3,4)5;/h5-6,9-14,16-17H,2-4,7-8H2,1H3;6-9,12-14H,11H2,1-5H3;/q2*-1;. The van der Waals surface area contributed by atoms with Gasteiger partial charge in [-0.2, -0.15) is 0 Å². The third kappa shape index (κ3) is 8.22. The van der Waals surface area contributed by atoms with Crippen LogP contribution in [0, 0.1) is 24.1 Å². The van der Waals surface area contributed by atoms with Gasteiger partial charge in [0.2, 0.25) is 0 Å². The molecule has 1 radical (unpaired) electrons. The fraction of sp³-hybridized carbons (Fsp3) is 0.357. The number of hydrogen-bond donors (Lipinski definition) is 0. The van der Waals surface area contributed by atoms with Crippen LogP contribution in [0.15, 0.2) is 89.7 Å². The molecule has 48 heavy (non-hydrogen) atoms. The number of aromatic nitrogens is 3. The topological polar surface area (TPSA) is 51.8 Å². The fourth-order valence-electron chi connectivity index (χ4n) is 7.02. The fourth-order valence-corrected chi connectivity index (χ4v) is 8.61. The molecule has 0 spiro atoms. The number of nitrogens with zero attached hydrogens (tertiary/aromatic N) is 3. The van der Waals surface area contributed by atoms with Crippen molar-refractivity contribution < 1.29 is 24.5 Å². The summed E-state index contributed by atoms with van der Waals surface area (Å²) in [4.78, 5) is 13.7. The number of hydrogen-bond acceptors (Lipinski definition) is 4. The van der Waals surface area contributed by atoms with Crippen LogP contribution in [0.5, 0.6) is 0 Å². The molecule has 4 aromatic heterocycles. The Kier molecular flexibility index (Phi) is 11.8. The van der Waals surface area contributed by atoms with Crippen LogP contribution in [0.25, 0.3) is 44.5 Å². The zero-order chi connectivity index (χ0) is 33.0. The van der Waals surface area contributed by atoms with Gasteiger partial charge in [-0.3, -0.25) is 0 Å². The number of fused-ring (bicyclic) bond motifs is 3. The summed E-state index contributed by atoms with van der Waals surface area (Å²) in [5, 5.41) is 3.60. The molecule has 1 saturated carbocycles. The van der Waals surface area contributed by atoms with E-state index in [0.29, 0.717) is 11.8 Å². The molecule has 0 N–H and O–H groups in total. The Morgan fingerprint density at radius 2 is 1.62 bits per heavy atom. The Bertz CT molecular complexity index is 1940. The predicted molar refractivity (Wildman–Crippen MR) is 199 cm³/mol. The second-order valence-electron chi connectivity index (χ2n) is 14.6. The third-order valence-electron chi connectivity index (χ3n) is 9.56. The third-order valence-corrected chi connectivity index (χ3v) is 11.6. The molecule has 251 valence electrons. The molecule has 6 aromatic rings. The summed E-state index contributed by atoms with van der Waals surface area (Å²) in [7, 11) is -1.34. The van der Waals surface area contributed by atoms with Crippen molar-refractivity contribution in [2.45, 2.75) is 84.9 Å². The van der Waals surface area contributed by atoms with E-state index in [1.807, 2.05) is 48.8 Å². The maximum absolute atomic E-state index is 6.14. The first-order valence-electron chi connectivity index (χ1n) is 17.3. The molecule has 1 unspecified atom stereocenters. The largest absolute Gasteiger partial charge is 0.500 e. The molecule has 1 fully saturated rings. The average molecular weight is 830 g/mol. The minimum Gasteiger partial charge on any atom is -0.500 e. The maximum atomic E-state index is 6.14. The van der Waals surface area contributed by atoms with Gasteiger partial charge in [0.15, 0.2) is 0 Å². The summed E-state index contributed by atoms with van der Waals surface area (Å²) < 4.78 is 6.14. The van der Waals surface area contributed by atoms with Crippen LogP contribution < -0.4 is 5.19 Å². The van der Waals surface area contributed by atoms with E-state index in [2.05, 4.69) is 104 Å². The van der Waals surface area contributed by atoms with E-state index in [1.165, 1.54) is 48.4 Å². The molecule has 0 amide bonds. The van der Waals surface area contributed by atoms with Gasteiger partial charge in [0.25, 0.3) is 0 Å². The maximum Gasteiger partial charge on any atom is 0.121 e. The molecular weight excluding hydrogens is 783 g/mol. The summed E-state index contributed by atoms with van der Waals surface area (Å²) in [6, 6.07) is 26.1. The SMILES string of the molecule is CC(C)Cc1cc(-c2[c-]cccc2)ncc1[Si](C)(C)C.CC(c1ccnc(-c2[c-]ncc3c2oc2ccccc23)c1)C1CCCCC1.[Ir]. The van der Waals surface area contributed by atoms with Crippen molar-refractivity contribution in [1.29, 1.82) is 0 Å². The first-order chi connectivity index (χ1) is 22.7. The Morgan fingerprint density at radius 1 is 0.854 bits per heavy atom. The summed E-state index contributed by atoms with van der Waals surface area (Å²) in [6.07, 6.45) is 16.9. The van der Waals surface area contributed by atoms with E-state index in [4.69, 9.17) is 4.42 Å².